The average Bonchev–Trinajstić information content (AvgIpc) is 2.31. The van der Waals surface area contributed by atoms with Crippen molar-refractivity contribution in [3.63, 3.8) is 0 Å². The van der Waals surface area contributed by atoms with Crippen LogP contribution in [0.4, 0.5) is 4.39 Å². The Kier molecular flexibility index (Phi) is 5.82. The first-order valence-corrected chi connectivity index (χ1v) is 5.40. The molecule has 0 saturated heterocycles. The summed E-state index contributed by atoms with van der Waals surface area (Å²) in [5.41, 5.74) is 6.67. The topological polar surface area (TPSA) is 55.5 Å². The van der Waals surface area contributed by atoms with E-state index in [2.05, 4.69) is 0 Å². The van der Waals surface area contributed by atoms with E-state index in [1.807, 2.05) is 24.3 Å². The van der Waals surface area contributed by atoms with Crippen molar-refractivity contribution in [3.05, 3.63) is 29.8 Å². The van der Waals surface area contributed by atoms with Crippen LogP contribution in [0.2, 0.25) is 0 Å². The van der Waals surface area contributed by atoms with Gasteiger partial charge in [0.05, 0.1) is 19.9 Å². The van der Waals surface area contributed by atoms with E-state index in [4.69, 9.17) is 15.6 Å². The van der Waals surface area contributed by atoms with Gasteiger partial charge in [-0.2, -0.15) is 0 Å². The van der Waals surface area contributed by atoms with Crippen LogP contribution >= 0.6 is 0 Å². The summed E-state index contributed by atoms with van der Waals surface area (Å²) in [5, 5.41) is 8.81. The van der Waals surface area contributed by atoms with Gasteiger partial charge in [-0.25, -0.2) is 0 Å². The molecule has 90 valence electrons. The maximum absolute atomic E-state index is 11.8. The molecule has 0 aliphatic heterocycles. The molecule has 0 spiro atoms. The van der Waals surface area contributed by atoms with Gasteiger partial charge >= 0.3 is 0 Å². The first-order valence-electron chi connectivity index (χ1n) is 5.40. The molecule has 1 atom stereocenters. The van der Waals surface area contributed by atoms with Crippen LogP contribution in [0.15, 0.2) is 24.3 Å². The van der Waals surface area contributed by atoms with Gasteiger partial charge in [0.15, 0.2) is 0 Å². The maximum Gasteiger partial charge on any atom is 0.119 e. The smallest absolute Gasteiger partial charge is 0.119 e. The summed E-state index contributed by atoms with van der Waals surface area (Å²) in [5.74, 6) is 0.731. The van der Waals surface area contributed by atoms with Crippen LogP contribution in [0.5, 0.6) is 5.75 Å². The van der Waals surface area contributed by atoms with Crippen molar-refractivity contribution in [2.45, 2.75) is 18.9 Å². The SMILES string of the molecule is NC(CO)Cc1ccc(OCCCF)cc1. The van der Waals surface area contributed by atoms with E-state index in [0.29, 0.717) is 19.4 Å². The van der Waals surface area contributed by atoms with Crippen LogP contribution in [0.25, 0.3) is 0 Å². The van der Waals surface area contributed by atoms with Crippen LogP contribution < -0.4 is 10.5 Å². The Morgan fingerprint density at radius 3 is 2.56 bits per heavy atom. The molecular weight excluding hydrogens is 209 g/mol. The number of aliphatic hydroxyl groups excluding tert-OH is 1. The third-order valence-corrected chi connectivity index (χ3v) is 2.20. The Morgan fingerprint density at radius 1 is 1.31 bits per heavy atom. The predicted molar refractivity (Wildman–Crippen MR) is 61.3 cm³/mol. The van der Waals surface area contributed by atoms with E-state index in [0.717, 1.165) is 11.3 Å². The van der Waals surface area contributed by atoms with E-state index < -0.39 is 0 Å². The number of aliphatic hydroxyl groups is 1. The number of ether oxygens (including phenoxy) is 1. The van der Waals surface area contributed by atoms with Gasteiger partial charge in [-0.15, -0.1) is 0 Å². The van der Waals surface area contributed by atoms with Gasteiger partial charge in [0.2, 0.25) is 0 Å². The van der Waals surface area contributed by atoms with E-state index >= 15 is 0 Å². The number of alkyl halides is 1. The normalized spacial score (nSPS) is 12.4. The number of benzene rings is 1. The molecule has 0 fully saturated rings. The second-order valence-corrected chi connectivity index (χ2v) is 3.68. The van der Waals surface area contributed by atoms with Crippen molar-refractivity contribution in [2.24, 2.45) is 5.73 Å². The second-order valence-electron chi connectivity index (χ2n) is 3.68. The molecule has 0 heterocycles. The van der Waals surface area contributed by atoms with Crippen LogP contribution in [0.3, 0.4) is 0 Å². The highest BCUT2D eigenvalue weighted by atomic mass is 19.1. The van der Waals surface area contributed by atoms with Crippen molar-refractivity contribution in [1.29, 1.82) is 0 Å². The Hall–Kier alpha value is -1.13. The van der Waals surface area contributed by atoms with Crippen molar-refractivity contribution in [1.82, 2.24) is 0 Å². The Balaban J connectivity index is 2.41. The lowest BCUT2D eigenvalue weighted by molar-refractivity contribution is 0.265. The third kappa shape index (κ3) is 4.59. The zero-order chi connectivity index (χ0) is 11.8. The summed E-state index contributed by atoms with van der Waals surface area (Å²) in [4.78, 5) is 0. The molecule has 0 radical (unpaired) electrons. The quantitative estimate of drug-likeness (QED) is 0.690. The predicted octanol–water partition coefficient (Wildman–Crippen LogP) is 1.29. The molecule has 1 aromatic carbocycles. The van der Waals surface area contributed by atoms with E-state index in [1.54, 1.807) is 0 Å². The summed E-state index contributed by atoms with van der Waals surface area (Å²) in [6.45, 7) is 0.0180. The molecule has 0 bridgehead atoms. The third-order valence-electron chi connectivity index (χ3n) is 2.20. The summed E-state index contributed by atoms with van der Waals surface area (Å²) in [6, 6.07) is 7.24. The molecule has 0 aliphatic rings. The fraction of sp³-hybridized carbons (Fsp3) is 0.500. The number of rotatable bonds is 7. The number of nitrogens with two attached hydrogens (primary N) is 1. The molecule has 1 rings (SSSR count). The van der Waals surface area contributed by atoms with E-state index in [-0.39, 0.29) is 19.3 Å². The number of hydrogen-bond acceptors (Lipinski definition) is 3. The average molecular weight is 227 g/mol. The molecule has 16 heavy (non-hydrogen) atoms. The van der Waals surface area contributed by atoms with Gasteiger partial charge in [-0.05, 0) is 24.1 Å². The van der Waals surface area contributed by atoms with Crippen molar-refractivity contribution < 1.29 is 14.2 Å². The largest absolute Gasteiger partial charge is 0.494 e. The first-order chi connectivity index (χ1) is 7.76. The molecular formula is C12H18FNO2. The van der Waals surface area contributed by atoms with Crippen LogP contribution in [-0.2, 0) is 6.42 Å². The molecule has 1 unspecified atom stereocenters. The second kappa shape index (κ2) is 7.19. The van der Waals surface area contributed by atoms with Gasteiger partial charge in [0.1, 0.15) is 5.75 Å². The minimum atomic E-state index is -0.358. The molecule has 4 heteroatoms. The van der Waals surface area contributed by atoms with Gasteiger partial charge in [0.25, 0.3) is 0 Å². The van der Waals surface area contributed by atoms with Gasteiger partial charge < -0.3 is 15.6 Å². The first kappa shape index (κ1) is 12.9. The highest BCUT2D eigenvalue weighted by Crippen LogP contribution is 2.13. The molecule has 0 aliphatic carbocycles. The Morgan fingerprint density at radius 2 is 2.00 bits per heavy atom. The fourth-order valence-electron chi connectivity index (χ4n) is 1.33. The summed E-state index contributed by atoms with van der Waals surface area (Å²) < 4.78 is 17.1. The Labute approximate surface area is 95.0 Å². The minimum Gasteiger partial charge on any atom is -0.494 e. The van der Waals surface area contributed by atoms with Crippen LogP contribution in [0, 0.1) is 0 Å². The van der Waals surface area contributed by atoms with E-state index in [1.165, 1.54) is 0 Å². The van der Waals surface area contributed by atoms with Crippen LogP contribution in [-0.4, -0.2) is 31.0 Å². The standard InChI is InChI=1S/C12H18FNO2/c13-6-1-7-16-12-4-2-10(3-5-12)8-11(14)9-15/h2-5,11,15H,1,6-9,14H2. The van der Waals surface area contributed by atoms with Crippen LogP contribution in [0.1, 0.15) is 12.0 Å². The number of hydrogen-bond donors (Lipinski definition) is 2. The summed E-state index contributed by atoms with van der Waals surface area (Å²) in [7, 11) is 0. The van der Waals surface area contributed by atoms with Gasteiger partial charge in [-0.3, -0.25) is 4.39 Å². The van der Waals surface area contributed by atoms with Gasteiger partial charge in [-0.1, -0.05) is 12.1 Å². The molecule has 0 saturated carbocycles. The zero-order valence-electron chi connectivity index (χ0n) is 9.23. The van der Waals surface area contributed by atoms with Gasteiger partial charge in [0, 0.05) is 12.5 Å². The molecule has 3 N–H and O–H groups in total. The minimum absolute atomic E-state index is 0.0191. The van der Waals surface area contributed by atoms with E-state index in [9.17, 15) is 4.39 Å². The lowest BCUT2D eigenvalue weighted by atomic mass is 10.1. The molecule has 1 aromatic rings. The lowest BCUT2D eigenvalue weighted by Crippen LogP contribution is -2.26. The van der Waals surface area contributed by atoms with Crippen molar-refractivity contribution in [2.75, 3.05) is 19.9 Å². The van der Waals surface area contributed by atoms with Crippen molar-refractivity contribution in [3.8, 4) is 5.75 Å². The zero-order valence-corrected chi connectivity index (χ0v) is 9.23. The Bertz CT molecular complexity index is 290. The fourth-order valence-corrected chi connectivity index (χ4v) is 1.33. The highest BCUT2D eigenvalue weighted by Gasteiger charge is 2.02. The highest BCUT2D eigenvalue weighted by molar-refractivity contribution is 5.27. The number of halogens is 1. The lowest BCUT2D eigenvalue weighted by Gasteiger charge is -2.09. The monoisotopic (exact) mass is 227 g/mol. The molecule has 0 amide bonds. The molecule has 0 aromatic heterocycles. The van der Waals surface area contributed by atoms with Crippen molar-refractivity contribution >= 4 is 0 Å². The maximum atomic E-state index is 11.8. The molecule has 3 nitrogen and oxygen atoms in total. The summed E-state index contributed by atoms with van der Waals surface area (Å²) in [6.07, 6.45) is 1.05. The summed E-state index contributed by atoms with van der Waals surface area (Å²) >= 11 is 0.